The smallest absolute Gasteiger partial charge is 0.229 e. The van der Waals surface area contributed by atoms with Crippen molar-refractivity contribution < 1.29 is 13.9 Å². The molecule has 5 nitrogen and oxygen atoms in total. The average Bonchev–Trinajstić information content (AvgIpc) is 3.21. The Labute approximate surface area is 190 Å². The minimum atomic E-state index is -0.351. The second kappa shape index (κ2) is 10.5. The van der Waals surface area contributed by atoms with E-state index in [4.69, 9.17) is 4.74 Å². The predicted octanol–water partition coefficient (Wildman–Crippen LogP) is 4.59. The van der Waals surface area contributed by atoms with E-state index in [9.17, 15) is 9.18 Å². The Hall–Kier alpha value is -2.00. The Balaban J connectivity index is 1.45. The molecule has 1 aliphatic heterocycles. The van der Waals surface area contributed by atoms with Gasteiger partial charge in [0.2, 0.25) is 5.91 Å². The topological polar surface area (TPSA) is 45.7 Å². The molecule has 3 aromatic rings. The van der Waals surface area contributed by atoms with Crippen molar-refractivity contribution in [3.63, 3.8) is 0 Å². The number of hydrogen-bond acceptors (Lipinski definition) is 6. The lowest BCUT2D eigenvalue weighted by atomic mass is 10.2. The van der Waals surface area contributed by atoms with E-state index in [0.717, 1.165) is 29.2 Å². The molecule has 0 radical (unpaired) electrons. The molecule has 8 heteroatoms. The lowest BCUT2D eigenvalue weighted by molar-refractivity contribution is -0.118. The maximum absolute atomic E-state index is 14.2. The number of carbonyl (C=O) groups excluding carboxylic acids is 1. The van der Waals surface area contributed by atoms with Crippen LogP contribution >= 0.6 is 23.1 Å². The van der Waals surface area contributed by atoms with Gasteiger partial charge in [0, 0.05) is 43.2 Å². The summed E-state index contributed by atoms with van der Waals surface area (Å²) in [5.74, 6) is 0.359. The van der Waals surface area contributed by atoms with E-state index in [1.807, 2.05) is 6.07 Å². The molecule has 2 aromatic carbocycles. The van der Waals surface area contributed by atoms with Gasteiger partial charge >= 0.3 is 0 Å². The molecule has 0 bridgehead atoms. The maximum atomic E-state index is 14.2. The van der Waals surface area contributed by atoms with Crippen LogP contribution in [0.15, 0.2) is 47.4 Å². The number of nitrogens with zero attached hydrogens (tertiary/aromatic N) is 3. The maximum Gasteiger partial charge on any atom is 0.229 e. The first-order valence-electron chi connectivity index (χ1n) is 10.4. The summed E-state index contributed by atoms with van der Waals surface area (Å²) in [5, 5.41) is 0.568. The number of halogens is 1. The number of ether oxygens (including phenoxy) is 1. The Morgan fingerprint density at radius 3 is 2.74 bits per heavy atom. The van der Waals surface area contributed by atoms with Gasteiger partial charge in [-0.05, 0) is 31.2 Å². The van der Waals surface area contributed by atoms with Gasteiger partial charge in [-0.2, -0.15) is 0 Å². The number of rotatable bonds is 8. The molecule has 0 aliphatic carbocycles. The standard InChI is InChI=1S/C23H26FN3O2S2/c1-17-5-7-18(8-6-17)30-16-9-21(28)27(11-10-26-12-14-29-15-13-26)23-25-22-19(24)3-2-4-20(22)31-23/h2-8H,9-16H2,1H3. The Kier molecular flexibility index (Phi) is 7.55. The number of benzene rings is 2. The van der Waals surface area contributed by atoms with Crippen LogP contribution in [0.3, 0.4) is 0 Å². The van der Waals surface area contributed by atoms with E-state index < -0.39 is 0 Å². The lowest BCUT2D eigenvalue weighted by Crippen LogP contribution is -2.43. The first-order valence-corrected chi connectivity index (χ1v) is 12.3. The second-order valence-corrected chi connectivity index (χ2v) is 9.67. The third kappa shape index (κ3) is 5.83. The van der Waals surface area contributed by atoms with Gasteiger partial charge in [-0.3, -0.25) is 14.6 Å². The molecule has 0 unspecified atom stereocenters. The number of hydrogen-bond donors (Lipinski definition) is 0. The highest BCUT2D eigenvalue weighted by molar-refractivity contribution is 7.99. The van der Waals surface area contributed by atoms with E-state index in [1.165, 1.54) is 23.0 Å². The zero-order chi connectivity index (χ0) is 21.6. The van der Waals surface area contributed by atoms with Crippen LogP contribution in [0, 0.1) is 12.7 Å². The van der Waals surface area contributed by atoms with Crippen LogP contribution in [0.2, 0.25) is 0 Å². The van der Waals surface area contributed by atoms with Crippen LogP contribution in [-0.2, 0) is 9.53 Å². The highest BCUT2D eigenvalue weighted by atomic mass is 32.2. The second-order valence-electron chi connectivity index (χ2n) is 7.49. The SMILES string of the molecule is Cc1ccc(SCCC(=O)N(CCN2CCOCC2)c2nc3c(F)cccc3s2)cc1. The van der Waals surface area contributed by atoms with E-state index in [2.05, 4.69) is 41.1 Å². The number of amides is 1. The van der Waals surface area contributed by atoms with Crippen molar-refractivity contribution in [2.45, 2.75) is 18.2 Å². The minimum absolute atomic E-state index is 0.0207. The summed E-state index contributed by atoms with van der Waals surface area (Å²) in [6, 6.07) is 13.2. The molecule has 1 fully saturated rings. The monoisotopic (exact) mass is 459 g/mol. The number of aryl methyl sites for hydroxylation is 1. The summed E-state index contributed by atoms with van der Waals surface area (Å²) in [4.78, 5) is 22.8. The molecule has 31 heavy (non-hydrogen) atoms. The van der Waals surface area contributed by atoms with Crippen molar-refractivity contribution >= 4 is 44.4 Å². The quantitative estimate of drug-likeness (QED) is 0.461. The summed E-state index contributed by atoms with van der Waals surface area (Å²) < 4.78 is 20.3. The van der Waals surface area contributed by atoms with Crippen molar-refractivity contribution in [1.29, 1.82) is 0 Å². The van der Waals surface area contributed by atoms with Gasteiger partial charge < -0.3 is 4.74 Å². The number of thioether (sulfide) groups is 1. The summed E-state index contributed by atoms with van der Waals surface area (Å²) in [5.41, 5.74) is 1.55. The third-order valence-electron chi connectivity index (χ3n) is 5.24. The van der Waals surface area contributed by atoms with Gasteiger partial charge in [0.25, 0.3) is 0 Å². The molecule has 1 aliphatic rings. The largest absolute Gasteiger partial charge is 0.379 e. The fourth-order valence-electron chi connectivity index (χ4n) is 3.44. The van der Waals surface area contributed by atoms with Crippen molar-refractivity contribution in [3.05, 3.63) is 53.8 Å². The Morgan fingerprint density at radius 2 is 2.00 bits per heavy atom. The van der Waals surface area contributed by atoms with Crippen LogP contribution in [-0.4, -0.2) is 60.9 Å². The first kappa shape index (κ1) is 22.2. The van der Waals surface area contributed by atoms with Crippen LogP contribution < -0.4 is 4.90 Å². The molecule has 0 saturated carbocycles. The molecule has 1 amide bonds. The fourth-order valence-corrected chi connectivity index (χ4v) is 5.30. The molecule has 1 aromatic heterocycles. The molecule has 0 spiro atoms. The highest BCUT2D eigenvalue weighted by Crippen LogP contribution is 2.31. The van der Waals surface area contributed by atoms with Crippen LogP contribution in [0.1, 0.15) is 12.0 Å². The van der Waals surface area contributed by atoms with Crippen molar-refractivity contribution in [3.8, 4) is 0 Å². The number of para-hydroxylation sites is 1. The van der Waals surface area contributed by atoms with E-state index in [1.54, 1.807) is 22.7 Å². The third-order valence-corrected chi connectivity index (χ3v) is 7.30. The first-order chi connectivity index (χ1) is 15.1. The van der Waals surface area contributed by atoms with Crippen LogP contribution in [0.4, 0.5) is 9.52 Å². The number of fused-ring (bicyclic) bond motifs is 1. The van der Waals surface area contributed by atoms with E-state index in [0.29, 0.717) is 42.6 Å². The molecular weight excluding hydrogens is 433 g/mol. The van der Waals surface area contributed by atoms with Crippen LogP contribution in [0.5, 0.6) is 0 Å². The summed E-state index contributed by atoms with van der Waals surface area (Å²) >= 11 is 3.04. The summed E-state index contributed by atoms with van der Waals surface area (Å²) in [6.45, 7) is 6.50. The molecular formula is C23H26FN3O2S2. The van der Waals surface area contributed by atoms with Gasteiger partial charge in [-0.15, -0.1) is 11.8 Å². The molecule has 1 saturated heterocycles. The normalized spacial score (nSPS) is 14.8. The van der Waals surface area contributed by atoms with Crippen molar-refractivity contribution in [2.75, 3.05) is 50.0 Å². The number of aromatic nitrogens is 1. The lowest BCUT2D eigenvalue weighted by Gasteiger charge is -2.29. The van der Waals surface area contributed by atoms with E-state index in [-0.39, 0.29) is 11.7 Å². The predicted molar refractivity (Wildman–Crippen MR) is 126 cm³/mol. The molecule has 2 heterocycles. The molecule has 164 valence electrons. The van der Waals surface area contributed by atoms with Crippen LogP contribution in [0.25, 0.3) is 10.2 Å². The zero-order valence-electron chi connectivity index (χ0n) is 17.6. The molecule has 0 N–H and O–H groups in total. The Bertz CT molecular complexity index is 1020. The number of thiazole rings is 1. The summed E-state index contributed by atoms with van der Waals surface area (Å²) in [7, 11) is 0. The number of carbonyl (C=O) groups is 1. The number of morpholine rings is 1. The van der Waals surface area contributed by atoms with Crippen molar-refractivity contribution in [2.24, 2.45) is 0 Å². The van der Waals surface area contributed by atoms with Crippen molar-refractivity contribution in [1.82, 2.24) is 9.88 Å². The molecule has 0 atom stereocenters. The summed E-state index contributed by atoms with van der Waals surface area (Å²) in [6.07, 6.45) is 0.403. The Morgan fingerprint density at radius 1 is 1.23 bits per heavy atom. The van der Waals surface area contributed by atoms with E-state index >= 15 is 0 Å². The fraction of sp³-hybridized carbons (Fsp3) is 0.391. The average molecular weight is 460 g/mol. The highest BCUT2D eigenvalue weighted by Gasteiger charge is 2.22. The zero-order valence-corrected chi connectivity index (χ0v) is 19.2. The molecule has 4 rings (SSSR count). The number of anilines is 1. The van der Waals surface area contributed by atoms with Gasteiger partial charge in [0.15, 0.2) is 5.13 Å². The van der Waals surface area contributed by atoms with Gasteiger partial charge in [-0.1, -0.05) is 35.1 Å². The van der Waals surface area contributed by atoms with Gasteiger partial charge in [0.1, 0.15) is 11.3 Å². The minimum Gasteiger partial charge on any atom is -0.379 e. The van der Waals surface area contributed by atoms with Gasteiger partial charge in [0.05, 0.1) is 17.9 Å². The van der Waals surface area contributed by atoms with Gasteiger partial charge in [-0.25, -0.2) is 9.37 Å².